The minimum absolute atomic E-state index is 0.0777. The van der Waals surface area contributed by atoms with E-state index in [0.29, 0.717) is 47.3 Å². The molecule has 176 valence electrons. The van der Waals surface area contributed by atoms with E-state index in [1.807, 2.05) is 19.9 Å². The summed E-state index contributed by atoms with van der Waals surface area (Å²) in [5.41, 5.74) is 1.74. The average molecular weight is 461 g/mol. The van der Waals surface area contributed by atoms with Crippen molar-refractivity contribution in [3.63, 3.8) is 0 Å². The Bertz CT molecular complexity index is 1140. The van der Waals surface area contributed by atoms with Crippen molar-refractivity contribution in [2.24, 2.45) is 0 Å². The van der Waals surface area contributed by atoms with Gasteiger partial charge in [0.15, 0.2) is 11.5 Å². The second kappa shape index (κ2) is 12.1. The van der Waals surface area contributed by atoms with Crippen molar-refractivity contribution < 1.29 is 23.8 Å². The van der Waals surface area contributed by atoms with E-state index in [2.05, 4.69) is 10.6 Å². The maximum Gasteiger partial charge on any atom is 0.272 e. The number of hydrogen-bond acceptors (Lipinski definition) is 5. The molecule has 0 aliphatic carbocycles. The van der Waals surface area contributed by atoms with Crippen molar-refractivity contribution in [3.8, 4) is 17.2 Å². The summed E-state index contributed by atoms with van der Waals surface area (Å²) in [5.74, 6) is 0.954. The van der Waals surface area contributed by atoms with Crippen LogP contribution in [0.15, 0.2) is 78.5 Å². The predicted octanol–water partition coefficient (Wildman–Crippen LogP) is 4.90. The van der Waals surface area contributed by atoms with Crippen molar-refractivity contribution in [1.82, 2.24) is 5.32 Å². The van der Waals surface area contributed by atoms with Crippen LogP contribution in [0.5, 0.6) is 17.2 Å². The van der Waals surface area contributed by atoms with E-state index in [1.165, 1.54) is 0 Å². The van der Waals surface area contributed by atoms with Gasteiger partial charge in [0.25, 0.3) is 11.8 Å². The fourth-order valence-electron chi connectivity index (χ4n) is 3.16. The van der Waals surface area contributed by atoms with Crippen LogP contribution in [0.1, 0.15) is 29.8 Å². The number of ether oxygens (including phenoxy) is 3. The Morgan fingerprint density at radius 1 is 0.853 bits per heavy atom. The predicted molar refractivity (Wildman–Crippen MR) is 132 cm³/mol. The molecular formula is C27H28N2O5. The minimum Gasteiger partial charge on any atom is -0.494 e. The molecule has 0 saturated heterocycles. The molecule has 0 atom stereocenters. The van der Waals surface area contributed by atoms with Gasteiger partial charge in [-0.2, -0.15) is 0 Å². The SMILES string of the molecule is CCOc1ccc(NC(=O)/C(=C/c2ccc(OCC)c(OC)c2)NC(=O)c2ccccc2)cc1. The van der Waals surface area contributed by atoms with Crippen molar-refractivity contribution >= 4 is 23.6 Å². The zero-order valence-corrected chi connectivity index (χ0v) is 19.5. The third-order valence-electron chi connectivity index (χ3n) is 4.75. The van der Waals surface area contributed by atoms with Gasteiger partial charge in [-0.05, 0) is 74.0 Å². The molecule has 2 N–H and O–H groups in total. The molecule has 0 unspecified atom stereocenters. The number of carbonyl (C=O) groups is 2. The Morgan fingerprint density at radius 3 is 2.21 bits per heavy atom. The summed E-state index contributed by atoms with van der Waals surface area (Å²) >= 11 is 0. The molecule has 0 bridgehead atoms. The molecule has 0 heterocycles. The molecule has 0 saturated carbocycles. The van der Waals surface area contributed by atoms with Gasteiger partial charge in [-0.15, -0.1) is 0 Å². The Balaban J connectivity index is 1.89. The van der Waals surface area contributed by atoms with Crippen LogP contribution in [0.25, 0.3) is 6.08 Å². The summed E-state index contributed by atoms with van der Waals surface area (Å²) in [6.45, 7) is 4.83. The number of rotatable bonds is 10. The average Bonchev–Trinajstić information content (AvgIpc) is 2.86. The van der Waals surface area contributed by atoms with Crippen molar-refractivity contribution in [2.75, 3.05) is 25.6 Å². The molecule has 2 amide bonds. The van der Waals surface area contributed by atoms with Crippen LogP contribution in [-0.2, 0) is 4.79 Å². The third-order valence-corrected chi connectivity index (χ3v) is 4.75. The molecule has 7 nitrogen and oxygen atoms in total. The van der Waals surface area contributed by atoms with Crippen LogP contribution in [0.2, 0.25) is 0 Å². The normalized spacial score (nSPS) is 10.9. The lowest BCUT2D eigenvalue weighted by Crippen LogP contribution is -2.30. The number of benzene rings is 3. The highest BCUT2D eigenvalue weighted by atomic mass is 16.5. The lowest BCUT2D eigenvalue weighted by molar-refractivity contribution is -0.113. The standard InChI is InChI=1S/C27H28N2O5/c1-4-33-22-14-12-21(13-15-22)28-27(31)23(29-26(30)20-9-7-6-8-10-20)17-19-11-16-24(34-5-2)25(18-19)32-3/h6-18H,4-5H2,1-3H3,(H,28,31)(H,29,30)/b23-17-. The Hall–Kier alpha value is -4.26. The van der Waals surface area contributed by atoms with Gasteiger partial charge in [0, 0.05) is 11.3 Å². The first-order valence-corrected chi connectivity index (χ1v) is 11.0. The van der Waals surface area contributed by atoms with E-state index in [0.717, 1.165) is 0 Å². The highest BCUT2D eigenvalue weighted by Crippen LogP contribution is 2.29. The van der Waals surface area contributed by atoms with Crippen molar-refractivity contribution in [1.29, 1.82) is 0 Å². The Kier molecular flexibility index (Phi) is 8.68. The lowest BCUT2D eigenvalue weighted by Gasteiger charge is -2.13. The highest BCUT2D eigenvalue weighted by Gasteiger charge is 2.16. The first-order valence-electron chi connectivity index (χ1n) is 11.0. The van der Waals surface area contributed by atoms with E-state index in [4.69, 9.17) is 14.2 Å². The summed E-state index contributed by atoms with van der Waals surface area (Å²) in [6.07, 6.45) is 1.59. The molecule has 0 radical (unpaired) electrons. The van der Waals surface area contributed by atoms with Crippen molar-refractivity contribution in [2.45, 2.75) is 13.8 Å². The Morgan fingerprint density at radius 2 is 1.56 bits per heavy atom. The maximum atomic E-state index is 13.1. The quantitative estimate of drug-likeness (QED) is 0.420. The third kappa shape index (κ3) is 6.62. The summed E-state index contributed by atoms with van der Waals surface area (Å²) < 4.78 is 16.4. The molecule has 3 rings (SSSR count). The maximum absolute atomic E-state index is 13.1. The minimum atomic E-state index is -0.471. The molecule has 3 aromatic rings. The van der Waals surface area contributed by atoms with E-state index in [-0.39, 0.29) is 5.70 Å². The van der Waals surface area contributed by atoms with Crippen LogP contribution >= 0.6 is 0 Å². The zero-order valence-electron chi connectivity index (χ0n) is 19.5. The van der Waals surface area contributed by atoms with Gasteiger partial charge in [-0.25, -0.2) is 0 Å². The molecular weight excluding hydrogens is 432 g/mol. The zero-order chi connectivity index (χ0) is 24.3. The second-order valence-electron chi connectivity index (χ2n) is 7.13. The molecule has 0 aromatic heterocycles. The molecule has 34 heavy (non-hydrogen) atoms. The van der Waals surface area contributed by atoms with Crippen LogP contribution in [0.4, 0.5) is 5.69 Å². The van der Waals surface area contributed by atoms with Gasteiger partial charge in [0.1, 0.15) is 11.4 Å². The van der Waals surface area contributed by atoms with Crippen LogP contribution in [0.3, 0.4) is 0 Å². The highest BCUT2D eigenvalue weighted by molar-refractivity contribution is 6.10. The van der Waals surface area contributed by atoms with Crippen LogP contribution in [-0.4, -0.2) is 32.1 Å². The monoisotopic (exact) mass is 460 g/mol. The summed E-state index contributed by atoms with van der Waals surface area (Å²) in [6, 6.07) is 21.0. The smallest absolute Gasteiger partial charge is 0.272 e. The molecule has 7 heteroatoms. The summed E-state index contributed by atoms with van der Waals surface area (Å²) in [4.78, 5) is 25.9. The van der Waals surface area contributed by atoms with Gasteiger partial charge in [0.2, 0.25) is 0 Å². The van der Waals surface area contributed by atoms with Gasteiger partial charge in [0.05, 0.1) is 20.3 Å². The molecule has 0 aliphatic rings. The van der Waals surface area contributed by atoms with E-state index in [9.17, 15) is 9.59 Å². The van der Waals surface area contributed by atoms with Gasteiger partial charge in [-0.3, -0.25) is 9.59 Å². The Labute approximate surface area is 199 Å². The van der Waals surface area contributed by atoms with Gasteiger partial charge >= 0.3 is 0 Å². The number of nitrogens with one attached hydrogen (secondary N) is 2. The first kappa shape index (κ1) is 24.4. The van der Waals surface area contributed by atoms with E-state index < -0.39 is 11.8 Å². The molecule has 3 aromatic carbocycles. The van der Waals surface area contributed by atoms with Crippen molar-refractivity contribution in [3.05, 3.63) is 89.6 Å². The topological polar surface area (TPSA) is 85.9 Å². The number of anilines is 1. The van der Waals surface area contributed by atoms with E-state index in [1.54, 1.807) is 79.9 Å². The lowest BCUT2D eigenvalue weighted by atomic mass is 10.1. The van der Waals surface area contributed by atoms with Crippen LogP contribution in [0, 0.1) is 0 Å². The largest absolute Gasteiger partial charge is 0.494 e. The van der Waals surface area contributed by atoms with Crippen LogP contribution < -0.4 is 24.8 Å². The summed E-state index contributed by atoms with van der Waals surface area (Å²) in [7, 11) is 1.54. The number of methoxy groups -OCH3 is 1. The number of carbonyl (C=O) groups excluding carboxylic acids is 2. The van der Waals surface area contributed by atoms with Gasteiger partial charge in [-0.1, -0.05) is 24.3 Å². The number of amides is 2. The summed E-state index contributed by atoms with van der Waals surface area (Å²) in [5, 5.41) is 5.54. The molecule has 0 spiro atoms. The fraction of sp³-hybridized carbons (Fsp3) is 0.185. The number of hydrogen-bond donors (Lipinski definition) is 2. The second-order valence-corrected chi connectivity index (χ2v) is 7.13. The molecule has 0 fully saturated rings. The fourth-order valence-corrected chi connectivity index (χ4v) is 3.16. The molecule has 0 aliphatic heterocycles. The van der Waals surface area contributed by atoms with Gasteiger partial charge < -0.3 is 24.8 Å². The van der Waals surface area contributed by atoms with E-state index >= 15 is 0 Å². The first-order chi connectivity index (χ1) is 16.5.